The quantitative estimate of drug-likeness (QED) is 0.615. The number of nitrogens with one attached hydrogen (secondary N) is 1. The summed E-state index contributed by atoms with van der Waals surface area (Å²) >= 11 is 5.94. The number of halogens is 3. The molecule has 0 spiro atoms. The molecule has 1 aliphatic rings. The predicted octanol–water partition coefficient (Wildman–Crippen LogP) is 5.01. The lowest BCUT2D eigenvalue weighted by atomic mass is 10.0. The van der Waals surface area contributed by atoms with Crippen molar-refractivity contribution in [3.05, 3.63) is 101 Å². The molecule has 4 rings (SSSR count). The van der Waals surface area contributed by atoms with E-state index in [9.17, 15) is 18.4 Å². The Morgan fingerprint density at radius 2 is 1.28 bits per heavy atom. The Labute approximate surface area is 170 Å². The van der Waals surface area contributed by atoms with Gasteiger partial charge in [0, 0.05) is 10.7 Å². The van der Waals surface area contributed by atoms with Gasteiger partial charge in [-0.25, -0.2) is 13.7 Å². The number of hydrogen-bond acceptors (Lipinski definition) is 3. The Kier molecular flexibility index (Phi) is 4.86. The third-order valence-corrected chi connectivity index (χ3v) is 4.67. The third-order valence-electron chi connectivity index (χ3n) is 4.42. The molecule has 3 aromatic carbocycles. The van der Waals surface area contributed by atoms with Gasteiger partial charge < -0.3 is 5.32 Å². The smallest absolute Gasteiger partial charge is 0.282 e. The number of carbonyl (C=O) groups is 2. The monoisotopic (exact) mass is 410 g/mol. The number of nitrogens with zero attached hydrogens (tertiary/aromatic N) is 1. The minimum Gasteiger partial charge on any atom is -0.350 e. The third kappa shape index (κ3) is 3.62. The molecule has 2 amide bonds. The van der Waals surface area contributed by atoms with Crippen LogP contribution in [0.15, 0.2) is 78.5 Å². The average molecular weight is 411 g/mol. The number of imide groups is 1. The van der Waals surface area contributed by atoms with E-state index in [2.05, 4.69) is 5.32 Å². The van der Waals surface area contributed by atoms with Gasteiger partial charge in [0.15, 0.2) is 0 Å². The number of benzene rings is 3. The summed E-state index contributed by atoms with van der Waals surface area (Å²) in [6.07, 6.45) is 0. The van der Waals surface area contributed by atoms with Crippen LogP contribution in [0.3, 0.4) is 0 Å². The highest BCUT2D eigenvalue weighted by Crippen LogP contribution is 2.34. The molecule has 3 aromatic rings. The maximum absolute atomic E-state index is 13.3. The van der Waals surface area contributed by atoms with Gasteiger partial charge in [0.25, 0.3) is 11.8 Å². The molecule has 0 radical (unpaired) electrons. The Bertz CT molecular complexity index is 1120. The molecule has 0 unspecified atom stereocenters. The van der Waals surface area contributed by atoms with Crippen molar-refractivity contribution in [3.8, 4) is 0 Å². The maximum atomic E-state index is 13.3. The summed E-state index contributed by atoms with van der Waals surface area (Å²) in [6.45, 7) is 0. The summed E-state index contributed by atoms with van der Waals surface area (Å²) in [6, 6.07) is 16.9. The van der Waals surface area contributed by atoms with Crippen LogP contribution in [0.25, 0.3) is 5.57 Å². The van der Waals surface area contributed by atoms with Crippen LogP contribution in [0.1, 0.15) is 5.56 Å². The molecular formula is C22H13ClF2N2O2. The normalized spacial score (nSPS) is 14.0. The first kappa shape index (κ1) is 18.8. The first-order chi connectivity index (χ1) is 13.9. The molecule has 0 saturated heterocycles. The second-order valence-corrected chi connectivity index (χ2v) is 6.75. The van der Waals surface area contributed by atoms with E-state index in [1.54, 1.807) is 24.3 Å². The number of amides is 2. The van der Waals surface area contributed by atoms with Gasteiger partial charge in [-0.1, -0.05) is 23.7 Å². The Hall–Kier alpha value is -3.51. The molecule has 29 heavy (non-hydrogen) atoms. The van der Waals surface area contributed by atoms with Gasteiger partial charge >= 0.3 is 0 Å². The van der Waals surface area contributed by atoms with E-state index in [0.29, 0.717) is 16.3 Å². The molecule has 4 nitrogen and oxygen atoms in total. The minimum atomic E-state index is -0.601. The van der Waals surface area contributed by atoms with Gasteiger partial charge in [-0.05, 0) is 66.2 Å². The largest absolute Gasteiger partial charge is 0.350 e. The molecule has 1 N–H and O–H groups in total. The van der Waals surface area contributed by atoms with E-state index in [0.717, 1.165) is 4.90 Å². The molecule has 7 heteroatoms. The number of anilines is 2. The van der Waals surface area contributed by atoms with Crippen molar-refractivity contribution in [1.82, 2.24) is 0 Å². The molecule has 144 valence electrons. The Morgan fingerprint density at radius 3 is 1.86 bits per heavy atom. The summed E-state index contributed by atoms with van der Waals surface area (Å²) in [7, 11) is 0. The highest BCUT2D eigenvalue weighted by Gasteiger charge is 2.40. The van der Waals surface area contributed by atoms with Crippen LogP contribution in [-0.4, -0.2) is 11.8 Å². The van der Waals surface area contributed by atoms with Crippen molar-refractivity contribution in [2.75, 3.05) is 10.2 Å². The summed E-state index contributed by atoms with van der Waals surface area (Å²) in [5, 5.41) is 3.40. The van der Waals surface area contributed by atoms with E-state index >= 15 is 0 Å². The second kappa shape index (κ2) is 7.48. The van der Waals surface area contributed by atoms with E-state index < -0.39 is 23.4 Å². The van der Waals surface area contributed by atoms with Crippen LogP contribution in [0.4, 0.5) is 20.2 Å². The lowest BCUT2D eigenvalue weighted by Crippen LogP contribution is -2.32. The fourth-order valence-corrected chi connectivity index (χ4v) is 3.16. The van der Waals surface area contributed by atoms with Gasteiger partial charge in [-0.3, -0.25) is 9.59 Å². The van der Waals surface area contributed by atoms with E-state index in [1.165, 1.54) is 48.5 Å². The van der Waals surface area contributed by atoms with E-state index in [4.69, 9.17) is 11.6 Å². The number of rotatable bonds is 4. The molecule has 0 aliphatic carbocycles. The Balaban J connectivity index is 1.80. The zero-order valence-electron chi connectivity index (χ0n) is 14.8. The van der Waals surface area contributed by atoms with Crippen molar-refractivity contribution >= 4 is 40.4 Å². The first-order valence-corrected chi connectivity index (χ1v) is 8.99. The zero-order chi connectivity index (χ0) is 20.5. The van der Waals surface area contributed by atoms with Crippen molar-refractivity contribution in [2.45, 2.75) is 0 Å². The molecule has 1 heterocycles. The van der Waals surface area contributed by atoms with E-state index in [1.807, 2.05) is 0 Å². The van der Waals surface area contributed by atoms with Crippen LogP contribution in [-0.2, 0) is 9.59 Å². The van der Waals surface area contributed by atoms with Crippen LogP contribution < -0.4 is 10.2 Å². The number of hydrogen-bond donors (Lipinski definition) is 1. The van der Waals surface area contributed by atoms with Crippen molar-refractivity contribution in [3.63, 3.8) is 0 Å². The first-order valence-electron chi connectivity index (χ1n) is 8.61. The fourth-order valence-electron chi connectivity index (χ4n) is 3.03. The zero-order valence-corrected chi connectivity index (χ0v) is 15.6. The fraction of sp³-hybridized carbons (Fsp3) is 0. The standard InChI is InChI=1S/C22H13ClF2N2O2/c23-14-3-1-13(2-4-14)19-20(26-17-9-5-15(24)6-10-17)22(29)27(21(19)28)18-11-7-16(25)8-12-18/h1-12,26H. The van der Waals surface area contributed by atoms with Crippen LogP contribution in [0.2, 0.25) is 5.02 Å². The summed E-state index contributed by atoms with van der Waals surface area (Å²) in [5.74, 6) is -2.07. The molecular weight excluding hydrogens is 398 g/mol. The highest BCUT2D eigenvalue weighted by atomic mass is 35.5. The van der Waals surface area contributed by atoms with Crippen molar-refractivity contribution in [2.24, 2.45) is 0 Å². The predicted molar refractivity (Wildman–Crippen MR) is 107 cm³/mol. The molecule has 0 bridgehead atoms. The number of carbonyl (C=O) groups excluding carboxylic acids is 2. The molecule has 0 atom stereocenters. The maximum Gasteiger partial charge on any atom is 0.282 e. The molecule has 0 aromatic heterocycles. The second-order valence-electron chi connectivity index (χ2n) is 6.31. The van der Waals surface area contributed by atoms with E-state index in [-0.39, 0.29) is 17.0 Å². The Morgan fingerprint density at radius 1 is 0.724 bits per heavy atom. The van der Waals surface area contributed by atoms with Crippen molar-refractivity contribution < 1.29 is 18.4 Å². The SMILES string of the molecule is O=C1C(Nc2ccc(F)cc2)=C(c2ccc(Cl)cc2)C(=O)N1c1ccc(F)cc1. The molecule has 1 aliphatic heterocycles. The minimum absolute atomic E-state index is 0.0354. The summed E-state index contributed by atoms with van der Waals surface area (Å²) in [5.41, 5.74) is 1.34. The molecule has 0 fully saturated rings. The van der Waals surface area contributed by atoms with Crippen LogP contribution in [0.5, 0.6) is 0 Å². The topological polar surface area (TPSA) is 49.4 Å². The summed E-state index contributed by atoms with van der Waals surface area (Å²) < 4.78 is 26.5. The lowest BCUT2D eigenvalue weighted by Gasteiger charge is -2.15. The van der Waals surface area contributed by atoms with Gasteiger partial charge in [0.1, 0.15) is 17.3 Å². The van der Waals surface area contributed by atoms with Gasteiger partial charge in [0.2, 0.25) is 0 Å². The highest BCUT2D eigenvalue weighted by molar-refractivity contribution is 6.46. The van der Waals surface area contributed by atoms with Crippen LogP contribution >= 0.6 is 11.6 Å². The van der Waals surface area contributed by atoms with Crippen molar-refractivity contribution in [1.29, 1.82) is 0 Å². The average Bonchev–Trinajstić information content (AvgIpc) is 2.95. The lowest BCUT2D eigenvalue weighted by molar-refractivity contribution is -0.120. The molecule has 0 saturated carbocycles. The van der Waals surface area contributed by atoms with Gasteiger partial charge in [-0.2, -0.15) is 0 Å². The van der Waals surface area contributed by atoms with Crippen LogP contribution in [0, 0.1) is 11.6 Å². The van der Waals surface area contributed by atoms with Gasteiger partial charge in [0.05, 0.1) is 11.3 Å². The summed E-state index contributed by atoms with van der Waals surface area (Å²) in [4.78, 5) is 27.2. The van der Waals surface area contributed by atoms with Gasteiger partial charge in [-0.15, -0.1) is 0 Å².